The van der Waals surface area contributed by atoms with E-state index in [9.17, 15) is 18.0 Å². The first-order valence-electron chi connectivity index (χ1n) is 12.4. The van der Waals surface area contributed by atoms with Crippen molar-refractivity contribution < 1.29 is 27.8 Å². The molecular weight excluding hydrogens is 493 g/mol. The van der Waals surface area contributed by atoms with Gasteiger partial charge in [-0.3, -0.25) is 0 Å². The van der Waals surface area contributed by atoms with Crippen molar-refractivity contribution in [1.82, 2.24) is 9.97 Å². The van der Waals surface area contributed by atoms with Crippen LogP contribution in [0.1, 0.15) is 56.6 Å². The molecule has 8 heteroatoms. The normalized spacial score (nSPS) is 11.2. The second-order valence-corrected chi connectivity index (χ2v) is 9.20. The van der Waals surface area contributed by atoms with Crippen LogP contribution in [0.2, 0.25) is 0 Å². The van der Waals surface area contributed by atoms with Crippen molar-refractivity contribution in [2.45, 2.75) is 65.7 Å². The van der Waals surface area contributed by atoms with Gasteiger partial charge in [0.25, 0.3) is 0 Å². The number of H-pyrrole nitrogens is 1. The molecule has 0 saturated heterocycles. The largest absolute Gasteiger partial charge is 0.478 e. The van der Waals surface area contributed by atoms with Crippen LogP contribution in [0.3, 0.4) is 0 Å². The minimum atomic E-state index is -4.22. The Bertz CT molecular complexity index is 1250. The molecule has 1 aromatic heterocycles. The molecule has 0 spiro atoms. The number of nitrogens with one attached hydrogen (secondary N) is 1. The van der Waals surface area contributed by atoms with Crippen LogP contribution < -0.4 is 4.74 Å². The molecule has 1 heterocycles. The van der Waals surface area contributed by atoms with Crippen LogP contribution in [0, 0.1) is 6.92 Å². The zero-order chi connectivity index (χ0) is 28.3. The van der Waals surface area contributed by atoms with Gasteiger partial charge in [0.05, 0.1) is 16.6 Å². The van der Waals surface area contributed by atoms with Crippen LogP contribution in [-0.2, 0) is 23.8 Å². The lowest BCUT2D eigenvalue weighted by molar-refractivity contribution is -0.152. The lowest BCUT2D eigenvalue weighted by atomic mass is 10.1. The number of aromatic nitrogens is 2. The Morgan fingerprint density at radius 2 is 1.50 bits per heavy atom. The van der Waals surface area contributed by atoms with E-state index in [0.29, 0.717) is 5.75 Å². The first-order valence-corrected chi connectivity index (χ1v) is 12.4. The van der Waals surface area contributed by atoms with Crippen molar-refractivity contribution in [3.05, 3.63) is 95.3 Å². The zero-order valence-corrected chi connectivity index (χ0v) is 22.4. The molecule has 0 fully saturated rings. The number of nitrogens with zero attached hydrogens (tertiary/aromatic N) is 1. The first kappa shape index (κ1) is 30.4. The first-order chi connectivity index (χ1) is 17.9. The molecule has 204 valence electrons. The number of alkyl halides is 3. The van der Waals surface area contributed by atoms with Gasteiger partial charge in [-0.2, -0.15) is 13.2 Å². The van der Waals surface area contributed by atoms with Gasteiger partial charge in [-0.15, -0.1) is 0 Å². The van der Waals surface area contributed by atoms with E-state index in [2.05, 4.69) is 16.9 Å². The molecule has 2 N–H and O–H groups in total. The van der Waals surface area contributed by atoms with Gasteiger partial charge in [-0.05, 0) is 81.1 Å². The average molecular weight is 529 g/mol. The van der Waals surface area contributed by atoms with Crippen molar-refractivity contribution in [2.24, 2.45) is 0 Å². The molecule has 0 saturated carbocycles. The second kappa shape index (κ2) is 13.7. The molecule has 5 nitrogen and oxygen atoms in total. The SMILES string of the molecule is CCCc1ccc(OC(C)(C)C(=O)O)cc1.CCc1ccc(C(F)(F)F)cc1.Cc1nc2ccccc2[nH]1. The maximum Gasteiger partial charge on any atom is 0.416 e. The van der Waals surface area contributed by atoms with Gasteiger partial charge in [0.15, 0.2) is 5.60 Å². The number of ether oxygens (including phenoxy) is 1. The van der Waals surface area contributed by atoms with Crippen LogP contribution in [0.15, 0.2) is 72.8 Å². The number of carboxylic acids is 1. The molecule has 0 unspecified atom stereocenters. The predicted molar refractivity (Wildman–Crippen MR) is 144 cm³/mol. The van der Waals surface area contributed by atoms with Crippen molar-refractivity contribution in [2.75, 3.05) is 0 Å². The van der Waals surface area contributed by atoms with Crippen molar-refractivity contribution in [3.63, 3.8) is 0 Å². The molecule has 0 radical (unpaired) electrons. The summed E-state index contributed by atoms with van der Waals surface area (Å²) in [4.78, 5) is 18.3. The Hall–Kier alpha value is -3.81. The Morgan fingerprint density at radius 3 is 2.00 bits per heavy atom. The third kappa shape index (κ3) is 9.57. The molecule has 0 bridgehead atoms. The monoisotopic (exact) mass is 528 g/mol. The van der Waals surface area contributed by atoms with Crippen LogP contribution in [0.25, 0.3) is 11.0 Å². The summed E-state index contributed by atoms with van der Waals surface area (Å²) in [6.45, 7) is 9.06. The predicted octanol–water partition coefficient (Wildman–Crippen LogP) is 8.02. The molecule has 0 aliphatic rings. The van der Waals surface area contributed by atoms with E-state index in [-0.39, 0.29) is 0 Å². The molecular formula is C30H35F3N2O3. The number of carboxylic acid groups (broad SMARTS) is 1. The number of hydrogen-bond acceptors (Lipinski definition) is 3. The van der Waals surface area contributed by atoms with Gasteiger partial charge in [0, 0.05) is 0 Å². The lowest BCUT2D eigenvalue weighted by Crippen LogP contribution is -2.37. The minimum absolute atomic E-state index is 0.584. The number of benzene rings is 3. The van der Waals surface area contributed by atoms with E-state index in [1.54, 1.807) is 0 Å². The maximum atomic E-state index is 12.0. The van der Waals surface area contributed by atoms with Crippen molar-refractivity contribution in [1.29, 1.82) is 0 Å². The van der Waals surface area contributed by atoms with Gasteiger partial charge in [0.1, 0.15) is 11.6 Å². The summed E-state index contributed by atoms with van der Waals surface area (Å²) >= 11 is 0. The van der Waals surface area contributed by atoms with Crippen LogP contribution in [0.5, 0.6) is 5.75 Å². The van der Waals surface area contributed by atoms with Crippen molar-refractivity contribution >= 4 is 17.0 Å². The number of aromatic amines is 1. The summed E-state index contributed by atoms with van der Waals surface area (Å²) < 4.78 is 41.5. The third-order valence-electron chi connectivity index (χ3n) is 5.55. The maximum absolute atomic E-state index is 12.0. The van der Waals surface area contributed by atoms with Gasteiger partial charge in [-0.1, -0.05) is 56.7 Å². The Morgan fingerprint density at radius 1 is 0.921 bits per heavy atom. The number of para-hydroxylation sites is 2. The van der Waals surface area contributed by atoms with Gasteiger partial charge >= 0.3 is 12.1 Å². The van der Waals surface area contributed by atoms with E-state index in [1.807, 2.05) is 62.4 Å². The van der Waals surface area contributed by atoms with Crippen molar-refractivity contribution in [3.8, 4) is 5.75 Å². The van der Waals surface area contributed by atoms with Gasteiger partial charge in [-0.25, -0.2) is 9.78 Å². The van der Waals surface area contributed by atoms with Gasteiger partial charge < -0.3 is 14.8 Å². The number of hydrogen-bond donors (Lipinski definition) is 2. The standard InChI is InChI=1S/C13H18O3.C9H9F3.C8H8N2/c1-4-5-10-6-8-11(9-7-10)16-13(2,3)12(14)15;1-2-7-3-5-8(6-4-7)9(10,11)12;1-6-9-7-4-2-3-5-8(7)10-6/h6-9H,4-5H2,1-3H3,(H,14,15);3-6H,2H2,1H3;2-5H,1H3,(H,9,10). The summed E-state index contributed by atoms with van der Waals surface area (Å²) in [6.07, 6.45) is -1.33. The van der Waals surface area contributed by atoms with E-state index < -0.39 is 23.3 Å². The molecule has 38 heavy (non-hydrogen) atoms. The van der Waals surface area contributed by atoms with E-state index >= 15 is 0 Å². The fourth-order valence-corrected chi connectivity index (χ4v) is 3.36. The number of fused-ring (bicyclic) bond motifs is 1. The molecule has 3 aromatic carbocycles. The lowest BCUT2D eigenvalue weighted by Gasteiger charge is -2.21. The van der Waals surface area contributed by atoms with Crippen LogP contribution >= 0.6 is 0 Å². The molecule has 0 aliphatic carbocycles. The molecule has 4 rings (SSSR count). The fourth-order valence-electron chi connectivity index (χ4n) is 3.36. The summed E-state index contributed by atoms with van der Waals surface area (Å²) in [5, 5.41) is 8.92. The summed E-state index contributed by atoms with van der Waals surface area (Å²) in [5.74, 6) is 0.596. The Labute approximate surface area is 221 Å². The number of imidazole rings is 1. The topological polar surface area (TPSA) is 75.2 Å². The molecule has 4 aromatic rings. The molecule has 0 amide bonds. The fraction of sp³-hybridized carbons (Fsp3) is 0.333. The third-order valence-corrected chi connectivity index (χ3v) is 5.55. The minimum Gasteiger partial charge on any atom is -0.478 e. The number of halogens is 3. The Balaban J connectivity index is 0.000000206. The highest BCUT2D eigenvalue weighted by Crippen LogP contribution is 2.29. The number of aliphatic carboxylic acids is 1. The smallest absolute Gasteiger partial charge is 0.416 e. The highest BCUT2D eigenvalue weighted by atomic mass is 19.4. The molecule has 0 atom stereocenters. The summed E-state index contributed by atoms with van der Waals surface area (Å²) in [7, 11) is 0. The summed E-state index contributed by atoms with van der Waals surface area (Å²) in [5.41, 5.74) is 2.54. The highest BCUT2D eigenvalue weighted by Gasteiger charge is 2.30. The van der Waals surface area contributed by atoms with E-state index in [1.165, 1.54) is 31.5 Å². The van der Waals surface area contributed by atoms with Gasteiger partial charge in [0.2, 0.25) is 0 Å². The summed E-state index contributed by atoms with van der Waals surface area (Å²) in [6, 6.07) is 20.8. The Kier molecular flexibility index (Phi) is 10.9. The van der Waals surface area contributed by atoms with E-state index in [0.717, 1.165) is 53.8 Å². The number of rotatable bonds is 6. The number of aryl methyl sites for hydroxylation is 3. The second-order valence-electron chi connectivity index (χ2n) is 9.20. The quantitative estimate of drug-likeness (QED) is 0.266. The number of carbonyl (C=O) groups is 1. The van der Waals surface area contributed by atoms with Crippen LogP contribution in [-0.4, -0.2) is 26.6 Å². The highest BCUT2D eigenvalue weighted by molar-refractivity contribution is 5.76. The van der Waals surface area contributed by atoms with E-state index in [4.69, 9.17) is 9.84 Å². The molecule has 0 aliphatic heterocycles. The van der Waals surface area contributed by atoms with Crippen LogP contribution in [0.4, 0.5) is 13.2 Å². The average Bonchev–Trinajstić information content (AvgIpc) is 3.25. The zero-order valence-electron chi connectivity index (χ0n) is 22.4.